The Morgan fingerprint density at radius 1 is 0.839 bits per heavy atom. The van der Waals surface area contributed by atoms with Crippen molar-refractivity contribution >= 4 is 5.78 Å². The minimum atomic E-state index is -2.22. The Kier molecular flexibility index (Phi) is 6.47. The number of ketones is 1. The van der Waals surface area contributed by atoms with Gasteiger partial charge in [0.1, 0.15) is 0 Å². The van der Waals surface area contributed by atoms with E-state index in [4.69, 9.17) is 0 Å². The van der Waals surface area contributed by atoms with Gasteiger partial charge in [-0.2, -0.15) is 0 Å². The predicted octanol–water partition coefficient (Wildman–Crippen LogP) is 7.76. The van der Waals surface area contributed by atoms with Crippen LogP contribution in [0.1, 0.15) is 94.3 Å². The zero-order chi connectivity index (χ0) is 22.3. The van der Waals surface area contributed by atoms with Crippen LogP contribution >= 0.6 is 0 Å². The van der Waals surface area contributed by atoms with Crippen LogP contribution in [0.2, 0.25) is 0 Å². The maximum atomic E-state index is 14.2. The smallest absolute Gasteiger partial charge is 0.200 e. The van der Waals surface area contributed by atoms with Gasteiger partial charge in [-0.3, -0.25) is 4.79 Å². The average molecular weight is 443 g/mol. The monoisotopic (exact) mass is 442 g/mol. The molecule has 0 bridgehead atoms. The molecule has 3 aliphatic carbocycles. The lowest BCUT2D eigenvalue weighted by Crippen LogP contribution is -2.49. The molecule has 6 heteroatoms. The maximum absolute atomic E-state index is 14.2. The van der Waals surface area contributed by atoms with Crippen LogP contribution in [0.3, 0.4) is 0 Å². The maximum Gasteiger partial charge on any atom is 0.200 e. The van der Waals surface area contributed by atoms with Gasteiger partial charge in [0.25, 0.3) is 0 Å². The Labute approximate surface area is 180 Å². The van der Waals surface area contributed by atoms with Crippen molar-refractivity contribution in [1.82, 2.24) is 0 Å². The van der Waals surface area contributed by atoms with E-state index in [2.05, 4.69) is 6.92 Å². The molecule has 4 rings (SSSR count). The van der Waals surface area contributed by atoms with Crippen molar-refractivity contribution in [1.29, 1.82) is 0 Å². The van der Waals surface area contributed by atoms with Gasteiger partial charge < -0.3 is 0 Å². The minimum absolute atomic E-state index is 0.00902. The molecule has 0 aromatic heterocycles. The molecular weight excluding hydrogens is 411 g/mol. The molecule has 0 saturated heterocycles. The lowest BCUT2D eigenvalue weighted by atomic mass is 9.47. The molecule has 1 spiro atoms. The van der Waals surface area contributed by atoms with Crippen molar-refractivity contribution in [2.75, 3.05) is 0 Å². The molecule has 172 valence electrons. The van der Waals surface area contributed by atoms with Gasteiger partial charge in [-0.25, -0.2) is 22.0 Å². The summed E-state index contributed by atoms with van der Waals surface area (Å²) in [5.74, 6) is -9.95. The number of benzene rings is 1. The fourth-order valence-corrected chi connectivity index (χ4v) is 6.95. The Balaban J connectivity index is 1.50. The summed E-state index contributed by atoms with van der Waals surface area (Å²) in [4.78, 5) is 12.9. The third kappa shape index (κ3) is 3.93. The lowest BCUT2D eigenvalue weighted by Gasteiger charge is -2.57. The molecule has 0 heterocycles. The normalized spacial score (nSPS) is 33.4. The fourth-order valence-electron chi connectivity index (χ4n) is 6.95. The van der Waals surface area contributed by atoms with Gasteiger partial charge in [-0.1, -0.05) is 39.0 Å². The number of rotatable bonds is 5. The Hall–Kier alpha value is -1.46. The summed E-state index contributed by atoms with van der Waals surface area (Å²) in [5, 5.41) is 0. The third-order valence-corrected chi connectivity index (χ3v) is 8.60. The molecule has 3 fully saturated rings. The largest absolute Gasteiger partial charge is 0.294 e. The molecular formula is C25H31F5O. The molecule has 1 aromatic rings. The second-order valence-corrected chi connectivity index (χ2v) is 10.2. The molecule has 0 N–H and O–H groups in total. The van der Waals surface area contributed by atoms with E-state index in [1.807, 2.05) is 0 Å². The highest BCUT2D eigenvalue weighted by molar-refractivity contribution is 5.98. The molecule has 3 saturated carbocycles. The van der Waals surface area contributed by atoms with Crippen molar-refractivity contribution in [3.8, 4) is 0 Å². The Morgan fingerprint density at radius 2 is 1.45 bits per heavy atom. The van der Waals surface area contributed by atoms with E-state index in [0.717, 1.165) is 31.6 Å². The molecule has 0 amide bonds. The molecule has 1 nitrogen and oxygen atoms in total. The first-order valence-corrected chi connectivity index (χ1v) is 11.8. The highest BCUT2D eigenvalue weighted by Gasteiger charge is 2.53. The van der Waals surface area contributed by atoms with Gasteiger partial charge in [0.2, 0.25) is 5.82 Å². The molecule has 3 unspecified atom stereocenters. The second-order valence-electron chi connectivity index (χ2n) is 10.2. The van der Waals surface area contributed by atoms with Crippen LogP contribution in [0.4, 0.5) is 22.0 Å². The third-order valence-electron chi connectivity index (χ3n) is 8.60. The lowest BCUT2D eigenvalue weighted by molar-refractivity contribution is -0.0690. The van der Waals surface area contributed by atoms with Crippen molar-refractivity contribution in [2.45, 2.75) is 84.0 Å². The van der Waals surface area contributed by atoms with Gasteiger partial charge in [0.05, 0.1) is 5.56 Å². The van der Waals surface area contributed by atoms with Gasteiger partial charge in [-0.15, -0.1) is 0 Å². The van der Waals surface area contributed by atoms with Gasteiger partial charge in [0.15, 0.2) is 29.1 Å². The molecule has 3 atom stereocenters. The van der Waals surface area contributed by atoms with Crippen molar-refractivity contribution < 1.29 is 26.7 Å². The van der Waals surface area contributed by atoms with Crippen LogP contribution in [0.5, 0.6) is 0 Å². The summed E-state index contributed by atoms with van der Waals surface area (Å²) < 4.78 is 69.1. The molecule has 0 radical (unpaired) electrons. The van der Waals surface area contributed by atoms with E-state index in [9.17, 15) is 26.7 Å². The van der Waals surface area contributed by atoms with Crippen molar-refractivity contribution in [3.63, 3.8) is 0 Å². The van der Waals surface area contributed by atoms with Crippen LogP contribution in [0.15, 0.2) is 0 Å². The zero-order valence-corrected chi connectivity index (χ0v) is 18.1. The standard InChI is InChI=1S/C25H31F5O/c1-2-4-14-6-8-15(9-7-14)17-10-12-25(17)11-3-5-16(13-25)24(31)18-19(26)21(28)23(30)22(29)20(18)27/h14-17H,2-13H2,1H3. The SMILES string of the molecule is CCCC1CCC(C2CCC23CCCC(C(=O)c2c(F)c(F)c(F)c(F)c2F)C3)CC1. The number of carbonyl (C=O) groups is 1. The highest BCUT2D eigenvalue weighted by atomic mass is 19.2. The van der Waals surface area contributed by atoms with Crippen LogP contribution in [0, 0.1) is 58.2 Å². The van der Waals surface area contributed by atoms with E-state index >= 15 is 0 Å². The highest BCUT2D eigenvalue weighted by Crippen LogP contribution is 2.62. The topological polar surface area (TPSA) is 17.1 Å². The second kappa shape index (κ2) is 8.82. The van der Waals surface area contributed by atoms with Gasteiger partial charge in [-0.05, 0) is 68.1 Å². The van der Waals surface area contributed by atoms with E-state index < -0.39 is 46.4 Å². The molecule has 1 aromatic carbocycles. The number of hydrogen-bond acceptors (Lipinski definition) is 1. The Morgan fingerprint density at radius 3 is 2.00 bits per heavy atom. The summed E-state index contributed by atoms with van der Waals surface area (Å²) in [5.41, 5.74) is -1.26. The van der Waals surface area contributed by atoms with Crippen LogP contribution in [-0.4, -0.2) is 5.78 Å². The first-order valence-electron chi connectivity index (χ1n) is 11.8. The minimum Gasteiger partial charge on any atom is -0.294 e. The number of carbonyl (C=O) groups excluding carboxylic acids is 1. The number of halogens is 5. The first kappa shape index (κ1) is 22.7. The summed E-state index contributed by atoms with van der Waals surface area (Å²) in [6, 6.07) is 0. The Bertz CT molecular complexity index is 816. The summed E-state index contributed by atoms with van der Waals surface area (Å²) >= 11 is 0. The van der Waals surface area contributed by atoms with Crippen molar-refractivity contribution in [2.24, 2.45) is 29.1 Å². The molecule has 3 aliphatic rings. The van der Waals surface area contributed by atoms with Gasteiger partial charge >= 0.3 is 0 Å². The number of hydrogen-bond donors (Lipinski definition) is 0. The van der Waals surface area contributed by atoms with E-state index in [0.29, 0.717) is 24.7 Å². The predicted molar refractivity (Wildman–Crippen MR) is 108 cm³/mol. The van der Waals surface area contributed by atoms with Crippen LogP contribution in [0.25, 0.3) is 0 Å². The van der Waals surface area contributed by atoms with E-state index in [1.165, 1.54) is 38.5 Å². The molecule has 0 aliphatic heterocycles. The zero-order valence-electron chi connectivity index (χ0n) is 18.1. The summed E-state index contributed by atoms with van der Waals surface area (Å²) in [6.07, 6.45) is 12.2. The first-order chi connectivity index (χ1) is 14.8. The summed E-state index contributed by atoms with van der Waals surface area (Å²) in [6.45, 7) is 2.22. The van der Waals surface area contributed by atoms with E-state index in [1.54, 1.807) is 0 Å². The quantitative estimate of drug-likeness (QED) is 0.197. The van der Waals surface area contributed by atoms with E-state index in [-0.39, 0.29) is 5.41 Å². The fraction of sp³-hybridized carbons (Fsp3) is 0.720. The van der Waals surface area contributed by atoms with Gasteiger partial charge in [0, 0.05) is 5.92 Å². The molecule has 31 heavy (non-hydrogen) atoms. The van der Waals surface area contributed by atoms with Crippen molar-refractivity contribution in [3.05, 3.63) is 34.6 Å². The number of Topliss-reactive ketones (excluding diaryl/α,β-unsaturated/α-hetero) is 1. The van der Waals surface area contributed by atoms with Crippen LogP contribution < -0.4 is 0 Å². The summed E-state index contributed by atoms with van der Waals surface area (Å²) in [7, 11) is 0. The average Bonchev–Trinajstić information content (AvgIpc) is 2.77. The van der Waals surface area contributed by atoms with Crippen LogP contribution in [-0.2, 0) is 0 Å².